The van der Waals surface area contributed by atoms with E-state index in [4.69, 9.17) is 4.74 Å². The van der Waals surface area contributed by atoms with Crippen molar-refractivity contribution in [1.82, 2.24) is 5.32 Å². The Morgan fingerprint density at radius 3 is 2.75 bits per heavy atom. The van der Waals surface area contributed by atoms with E-state index < -0.39 is 11.9 Å². The molecule has 1 N–H and O–H groups in total. The van der Waals surface area contributed by atoms with Crippen LogP contribution in [0.4, 0.5) is 5.69 Å². The highest BCUT2D eigenvalue weighted by Gasteiger charge is 2.36. The van der Waals surface area contributed by atoms with Crippen LogP contribution < -0.4 is 10.2 Å². The van der Waals surface area contributed by atoms with Crippen molar-refractivity contribution in [2.45, 2.75) is 17.7 Å². The molecule has 0 aliphatic carbocycles. The zero-order valence-corrected chi connectivity index (χ0v) is 17.2. The highest BCUT2D eigenvalue weighted by atomic mass is 32.2. The lowest BCUT2D eigenvalue weighted by atomic mass is 10.1. The van der Waals surface area contributed by atoms with Crippen LogP contribution in [0.3, 0.4) is 0 Å². The number of anilines is 1. The summed E-state index contributed by atoms with van der Waals surface area (Å²) in [4.78, 5) is 40.2. The summed E-state index contributed by atoms with van der Waals surface area (Å²) in [5.74, 6) is -1.50. The fourth-order valence-corrected chi connectivity index (χ4v) is 4.08. The molecule has 0 radical (unpaired) electrons. The molecule has 6 nitrogen and oxygen atoms in total. The van der Waals surface area contributed by atoms with Crippen LogP contribution in [0, 0.1) is 5.92 Å². The number of ether oxygens (including phenoxy) is 1. The molecule has 0 bridgehead atoms. The number of nitrogens with one attached hydrogen (secondary N) is 1. The number of rotatable bonds is 8. The lowest BCUT2D eigenvalue weighted by Gasteiger charge is -2.16. The van der Waals surface area contributed by atoms with Gasteiger partial charge in [-0.2, -0.15) is 0 Å². The molecule has 1 aromatic heterocycles. The van der Waals surface area contributed by atoms with E-state index in [1.807, 2.05) is 48.0 Å². The molecule has 2 heterocycles. The van der Waals surface area contributed by atoms with E-state index in [0.29, 0.717) is 6.54 Å². The average Bonchev–Trinajstić information content (AvgIpc) is 3.36. The highest BCUT2D eigenvalue weighted by molar-refractivity contribution is 7.98. The Morgan fingerprint density at radius 1 is 1.29 bits per heavy atom. The van der Waals surface area contributed by atoms with E-state index in [-0.39, 0.29) is 31.4 Å². The number of nitrogens with zero attached hydrogens (tertiary/aromatic N) is 1. The minimum absolute atomic E-state index is 0.100. The van der Waals surface area contributed by atoms with E-state index in [1.165, 1.54) is 4.88 Å². The topological polar surface area (TPSA) is 75.7 Å². The Bertz CT molecular complexity index is 821. The van der Waals surface area contributed by atoms with Crippen LogP contribution in [0.25, 0.3) is 0 Å². The lowest BCUT2D eigenvalue weighted by Crippen LogP contribution is -2.32. The molecule has 1 aliphatic rings. The molecule has 28 heavy (non-hydrogen) atoms. The van der Waals surface area contributed by atoms with E-state index in [0.717, 1.165) is 17.0 Å². The van der Waals surface area contributed by atoms with Crippen LogP contribution >= 0.6 is 23.1 Å². The Labute approximate surface area is 172 Å². The van der Waals surface area contributed by atoms with E-state index in [2.05, 4.69) is 5.32 Å². The first-order chi connectivity index (χ1) is 13.6. The molecule has 2 aromatic rings. The van der Waals surface area contributed by atoms with Gasteiger partial charge in [0.2, 0.25) is 5.91 Å². The number of hydrogen-bond donors (Lipinski definition) is 1. The molecule has 1 fully saturated rings. The van der Waals surface area contributed by atoms with Gasteiger partial charge < -0.3 is 15.0 Å². The summed E-state index contributed by atoms with van der Waals surface area (Å²) in [6, 6.07) is 11.6. The first-order valence-electron chi connectivity index (χ1n) is 8.97. The molecule has 1 aromatic carbocycles. The van der Waals surface area contributed by atoms with Crippen LogP contribution in [0.15, 0.2) is 46.7 Å². The molecule has 1 atom stereocenters. The Balaban J connectivity index is 1.43. The van der Waals surface area contributed by atoms with Crippen molar-refractivity contribution in [3.05, 3.63) is 46.7 Å². The molecule has 0 spiro atoms. The fourth-order valence-electron chi connectivity index (χ4n) is 2.96. The third kappa shape index (κ3) is 5.36. The quantitative estimate of drug-likeness (QED) is 0.527. The van der Waals surface area contributed by atoms with Gasteiger partial charge in [-0.1, -0.05) is 6.07 Å². The molecule has 0 saturated carbocycles. The predicted molar refractivity (Wildman–Crippen MR) is 111 cm³/mol. The molecule has 1 unspecified atom stereocenters. The zero-order chi connectivity index (χ0) is 19.9. The summed E-state index contributed by atoms with van der Waals surface area (Å²) in [7, 11) is 0. The van der Waals surface area contributed by atoms with Crippen molar-refractivity contribution in [3.8, 4) is 0 Å². The van der Waals surface area contributed by atoms with Gasteiger partial charge >= 0.3 is 5.97 Å². The Hall–Kier alpha value is -2.32. The Morgan fingerprint density at radius 2 is 2.07 bits per heavy atom. The van der Waals surface area contributed by atoms with Crippen LogP contribution in [-0.4, -0.2) is 43.7 Å². The predicted octanol–water partition coefficient (Wildman–Crippen LogP) is 2.73. The normalized spacial score (nSPS) is 16.2. The molecular weight excluding hydrogens is 396 g/mol. The van der Waals surface area contributed by atoms with Gasteiger partial charge in [-0.05, 0) is 48.4 Å². The highest BCUT2D eigenvalue weighted by Crippen LogP contribution is 2.27. The minimum Gasteiger partial charge on any atom is -0.455 e. The average molecular weight is 419 g/mol. The third-order valence-electron chi connectivity index (χ3n) is 4.46. The van der Waals surface area contributed by atoms with Gasteiger partial charge in [-0.15, -0.1) is 23.1 Å². The van der Waals surface area contributed by atoms with Crippen molar-refractivity contribution in [2.24, 2.45) is 5.92 Å². The molecule has 1 saturated heterocycles. The number of amides is 2. The van der Waals surface area contributed by atoms with Crippen LogP contribution in [0.2, 0.25) is 0 Å². The van der Waals surface area contributed by atoms with Gasteiger partial charge in [0.05, 0.1) is 5.92 Å². The maximum absolute atomic E-state index is 12.3. The van der Waals surface area contributed by atoms with Gasteiger partial charge in [0.1, 0.15) is 0 Å². The van der Waals surface area contributed by atoms with Crippen molar-refractivity contribution in [1.29, 1.82) is 0 Å². The maximum atomic E-state index is 12.3. The fraction of sp³-hybridized carbons (Fsp3) is 0.350. The smallest absolute Gasteiger partial charge is 0.311 e. The summed E-state index contributed by atoms with van der Waals surface area (Å²) >= 11 is 3.26. The molecular formula is C20H22N2O4S2. The second-order valence-electron chi connectivity index (χ2n) is 6.39. The van der Waals surface area contributed by atoms with E-state index >= 15 is 0 Å². The monoisotopic (exact) mass is 418 g/mol. The lowest BCUT2D eigenvalue weighted by molar-refractivity contribution is -0.152. The largest absolute Gasteiger partial charge is 0.455 e. The van der Waals surface area contributed by atoms with Crippen LogP contribution in [-0.2, 0) is 25.5 Å². The molecule has 8 heteroatoms. The van der Waals surface area contributed by atoms with Crippen molar-refractivity contribution < 1.29 is 19.1 Å². The Kier molecular flexibility index (Phi) is 7.11. The van der Waals surface area contributed by atoms with Gasteiger partial charge in [-0.25, -0.2) is 0 Å². The second-order valence-corrected chi connectivity index (χ2v) is 8.30. The van der Waals surface area contributed by atoms with E-state index in [1.54, 1.807) is 28.0 Å². The summed E-state index contributed by atoms with van der Waals surface area (Å²) in [6.07, 6.45) is 2.84. The van der Waals surface area contributed by atoms with Crippen molar-refractivity contribution >= 4 is 46.6 Å². The van der Waals surface area contributed by atoms with Gasteiger partial charge in [0.25, 0.3) is 5.91 Å². The number of benzene rings is 1. The summed E-state index contributed by atoms with van der Waals surface area (Å²) < 4.78 is 5.11. The first-order valence-corrected chi connectivity index (χ1v) is 11.1. The van der Waals surface area contributed by atoms with Gasteiger partial charge in [-0.3, -0.25) is 14.4 Å². The summed E-state index contributed by atoms with van der Waals surface area (Å²) in [6.45, 7) is 0.450. The first kappa shape index (κ1) is 20.4. The van der Waals surface area contributed by atoms with Gasteiger partial charge in [0, 0.05) is 35.0 Å². The second kappa shape index (κ2) is 9.75. The minimum atomic E-state index is -0.549. The maximum Gasteiger partial charge on any atom is 0.311 e. The number of carbonyl (C=O) groups excluding carboxylic acids is 3. The van der Waals surface area contributed by atoms with Crippen molar-refractivity contribution in [3.63, 3.8) is 0 Å². The standard InChI is InChI=1S/C20H22N2O4S2/c1-27-16-6-4-15(5-7-16)22-12-14(11-19(22)24)20(25)26-13-18(23)21-9-8-17-3-2-10-28-17/h2-7,10,14H,8-9,11-13H2,1H3,(H,21,23). The van der Waals surface area contributed by atoms with Gasteiger partial charge in [0.15, 0.2) is 6.61 Å². The number of carbonyl (C=O) groups is 3. The number of hydrogen-bond acceptors (Lipinski definition) is 6. The summed E-state index contributed by atoms with van der Waals surface area (Å²) in [5, 5.41) is 4.72. The number of thiophene rings is 1. The SMILES string of the molecule is CSc1ccc(N2CC(C(=O)OCC(=O)NCCc3cccs3)CC2=O)cc1. The molecule has 1 aliphatic heterocycles. The van der Waals surface area contributed by atoms with Crippen LogP contribution in [0.1, 0.15) is 11.3 Å². The molecule has 2 amide bonds. The summed E-state index contributed by atoms with van der Waals surface area (Å²) in [5.41, 5.74) is 0.768. The van der Waals surface area contributed by atoms with Crippen LogP contribution in [0.5, 0.6) is 0 Å². The molecule has 3 rings (SSSR count). The van der Waals surface area contributed by atoms with Crippen molar-refractivity contribution in [2.75, 3.05) is 30.9 Å². The number of thioether (sulfide) groups is 1. The zero-order valence-electron chi connectivity index (χ0n) is 15.6. The molecule has 148 valence electrons. The number of esters is 1. The van der Waals surface area contributed by atoms with E-state index in [9.17, 15) is 14.4 Å². The third-order valence-corrected chi connectivity index (χ3v) is 6.14.